The molecule has 10 heteroatoms. The number of hydrogen-bond donors (Lipinski definition) is 4. The van der Waals surface area contributed by atoms with Crippen molar-refractivity contribution in [3.63, 3.8) is 0 Å². The molecule has 3 saturated carbocycles. The fraction of sp³-hybridized carbons (Fsp3) is 0.710. The Hall–Kier alpha value is -3.17. The number of rotatable bonds is 13. The predicted octanol–water partition coefficient (Wildman–Crippen LogP) is 2.74. The zero-order chi connectivity index (χ0) is 29.4. The van der Waals surface area contributed by atoms with Crippen LogP contribution < -0.4 is 21.3 Å². The summed E-state index contributed by atoms with van der Waals surface area (Å²) in [5, 5.41) is 11.4. The maximum Gasteiger partial charge on any atom is 0.315 e. The average molecular weight is 570 g/mol. The summed E-state index contributed by atoms with van der Waals surface area (Å²) < 4.78 is 0. The van der Waals surface area contributed by atoms with E-state index in [1.807, 2.05) is 0 Å². The maximum atomic E-state index is 14.0. The highest BCUT2D eigenvalue weighted by Gasteiger charge is 2.43. The minimum Gasteiger partial charge on any atom is -0.346 e. The van der Waals surface area contributed by atoms with E-state index in [2.05, 4.69) is 34.4 Å². The second-order valence-corrected chi connectivity index (χ2v) is 12.3. The number of urea groups is 1. The third-order valence-electron chi connectivity index (χ3n) is 9.49. The Morgan fingerprint density at radius 1 is 0.878 bits per heavy atom. The van der Waals surface area contributed by atoms with E-state index in [1.165, 1.54) is 18.9 Å². The highest BCUT2D eigenvalue weighted by Crippen LogP contribution is 2.44. The van der Waals surface area contributed by atoms with E-state index in [-0.39, 0.29) is 36.9 Å². The van der Waals surface area contributed by atoms with E-state index in [0.29, 0.717) is 37.6 Å². The third kappa shape index (κ3) is 7.77. The number of nitrogens with one attached hydrogen (secondary N) is 4. The van der Waals surface area contributed by atoms with Gasteiger partial charge in [-0.05, 0) is 75.5 Å². The SMILES string of the molecule is C=CCCC(NC(=O)C1CCCN1C(=O)C(NC(=O)NC1CC2CCC1C2)C1CCCCC1)C(=O)C(=O)NCC=C. The summed E-state index contributed by atoms with van der Waals surface area (Å²) in [6.45, 7) is 7.76. The third-order valence-corrected chi connectivity index (χ3v) is 9.49. The van der Waals surface area contributed by atoms with Crippen LogP contribution in [0.15, 0.2) is 25.3 Å². The second kappa shape index (κ2) is 14.6. The quantitative estimate of drug-likeness (QED) is 0.200. The van der Waals surface area contributed by atoms with Crippen LogP contribution >= 0.6 is 0 Å². The number of ketones is 1. The van der Waals surface area contributed by atoms with Gasteiger partial charge in [-0.25, -0.2) is 4.79 Å². The van der Waals surface area contributed by atoms with Crippen LogP contribution in [-0.4, -0.2) is 71.7 Å². The largest absolute Gasteiger partial charge is 0.346 e. The van der Waals surface area contributed by atoms with Crippen LogP contribution in [0.4, 0.5) is 4.79 Å². The van der Waals surface area contributed by atoms with Crippen molar-refractivity contribution in [3.05, 3.63) is 25.3 Å². The Labute approximate surface area is 243 Å². The molecule has 1 saturated heterocycles. The predicted molar refractivity (Wildman–Crippen MR) is 156 cm³/mol. The first-order valence-electron chi connectivity index (χ1n) is 15.5. The number of fused-ring (bicyclic) bond motifs is 2. The molecule has 0 aromatic heterocycles. The molecule has 10 nitrogen and oxygen atoms in total. The number of Topliss-reactive ketones (excluding diaryl/α,β-unsaturated/α-hetero) is 1. The summed E-state index contributed by atoms with van der Waals surface area (Å²) in [5.74, 6) is -0.989. The van der Waals surface area contributed by atoms with Gasteiger partial charge in [0.25, 0.3) is 5.91 Å². The van der Waals surface area contributed by atoms with Crippen molar-refractivity contribution < 1.29 is 24.0 Å². The van der Waals surface area contributed by atoms with Crippen molar-refractivity contribution in [1.29, 1.82) is 0 Å². The van der Waals surface area contributed by atoms with Gasteiger partial charge in [-0.2, -0.15) is 0 Å². The first kappa shape index (κ1) is 30.8. The summed E-state index contributed by atoms with van der Waals surface area (Å²) >= 11 is 0. The van der Waals surface area contributed by atoms with Gasteiger partial charge in [0, 0.05) is 19.1 Å². The van der Waals surface area contributed by atoms with Gasteiger partial charge in [-0.3, -0.25) is 19.2 Å². The molecule has 0 aromatic carbocycles. The van der Waals surface area contributed by atoms with Gasteiger partial charge in [0.05, 0.1) is 6.04 Å². The minimum atomic E-state index is -1.03. The fourth-order valence-corrected chi connectivity index (χ4v) is 7.33. The molecule has 226 valence electrons. The van der Waals surface area contributed by atoms with Gasteiger partial charge in [-0.1, -0.05) is 37.8 Å². The monoisotopic (exact) mass is 569 g/mol. The zero-order valence-electron chi connectivity index (χ0n) is 24.2. The summed E-state index contributed by atoms with van der Waals surface area (Å²) in [6, 6.07) is -2.63. The molecule has 2 bridgehead atoms. The normalized spacial score (nSPS) is 27.0. The lowest BCUT2D eigenvalue weighted by atomic mass is 9.83. The van der Waals surface area contributed by atoms with Gasteiger partial charge in [0.1, 0.15) is 12.1 Å². The molecule has 1 heterocycles. The van der Waals surface area contributed by atoms with E-state index in [0.717, 1.165) is 44.9 Å². The molecular formula is C31H47N5O5. The van der Waals surface area contributed by atoms with Crippen LogP contribution in [-0.2, 0) is 19.2 Å². The van der Waals surface area contributed by atoms with Crippen molar-refractivity contribution in [2.24, 2.45) is 17.8 Å². The summed E-state index contributed by atoms with van der Waals surface area (Å²) in [6.07, 6.45) is 14.3. The molecule has 4 N–H and O–H groups in total. The number of likely N-dealkylation sites (tertiary alicyclic amines) is 1. The Balaban J connectivity index is 1.43. The molecule has 0 radical (unpaired) electrons. The lowest BCUT2D eigenvalue weighted by Gasteiger charge is -2.35. The van der Waals surface area contributed by atoms with E-state index in [9.17, 15) is 24.0 Å². The molecule has 3 aliphatic carbocycles. The van der Waals surface area contributed by atoms with Gasteiger partial charge in [0.15, 0.2) is 0 Å². The summed E-state index contributed by atoms with van der Waals surface area (Å²) in [5.41, 5.74) is 0. The maximum absolute atomic E-state index is 14.0. The number of hydrogen-bond acceptors (Lipinski definition) is 5. The van der Waals surface area contributed by atoms with Gasteiger partial charge < -0.3 is 26.2 Å². The molecule has 6 unspecified atom stereocenters. The van der Waals surface area contributed by atoms with Gasteiger partial charge >= 0.3 is 6.03 Å². The van der Waals surface area contributed by atoms with Crippen LogP contribution in [0, 0.1) is 17.8 Å². The zero-order valence-corrected chi connectivity index (χ0v) is 24.2. The number of carbonyl (C=O) groups excluding carboxylic acids is 5. The lowest BCUT2D eigenvalue weighted by molar-refractivity contribution is -0.143. The van der Waals surface area contributed by atoms with Crippen LogP contribution in [0.3, 0.4) is 0 Å². The summed E-state index contributed by atoms with van der Waals surface area (Å²) in [4.78, 5) is 67.4. The van der Waals surface area contributed by atoms with Gasteiger partial charge in [-0.15, -0.1) is 13.2 Å². The van der Waals surface area contributed by atoms with E-state index in [1.54, 1.807) is 11.0 Å². The van der Waals surface area contributed by atoms with Crippen molar-refractivity contribution in [3.8, 4) is 0 Å². The number of amides is 5. The highest BCUT2D eigenvalue weighted by molar-refractivity contribution is 6.38. The van der Waals surface area contributed by atoms with E-state index in [4.69, 9.17) is 0 Å². The Bertz CT molecular complexity index is 1010. The summed E-state index contributed by atoms with van der Waals surface area (Å²) in [7, 11) is 0. The molecule has 5 amide bonds. The molecule has 4 rings (SSSR count). The second-order valence-electron chi connectivity index (χ2n) is 12.3. The molecule has 6 atom stereocenters. The standard InChI is InChI=1S/C31H47N5O5/c1-3-5-12-23(27(37)29(39)32-16-4-2)33-28(38)25-13-9-17-36(25)30(40)26(21-10-7-6-8-11-21)35-31(41)34-24-19-20-14-15-22(24)18-20/h3-4,20-26H,1-2,5-19H2,(H,32,39)(H,33,38)(H2,34,35,41). The highest BCUT2D eigenvalue weighted by atomic mass is 16.2. The average Bonchev–Trinajstić information content (AvgIpc) is 3.74. The Morgan fingerprint density at radius 2 is 1.66 bits per heavy atom. The van der Waals surface area contributed by atoms with Crippen LogP contribution in [0.25, 0.3) is 0 Å². The molecule has 41 heavy (non-hydrogen) atoms. The first-order chi connectivity index (χ1) is 19.8. The smallest absolute Gasteiger partial charge is 0.315 e. The fourth-order valence-electron chi connectivity index (χ4n) is 7.33. The van der Waals surface area contributed by atoms with Crippen molar-refractivity contribution in [2.45, 2.75) is 108 Å². The van der Waals surface area contributed by atoms with Gasteiger partial charge in [0.2, 0.25) is 17.6 Å². The van der Waals surface area contributed by atoms with Crippen LogP contribution in [0.5, 0.6) is 0 Å². The molecule has 0 spiro atoms. The Morgan fingerprint density at radius 3 is 2.32 bits per heavy atom. The molecule has 0 aromatic rings. The molecular weight excluding hydrogens is 522 g/mol. The van der Waals surface area contributed by atoms with Crippen LogP contribution in [0.1, 0.15) is 83.5 Å². The minimum absolute atomic E-state index is 0.0156. The topological polar surface area (TPSA) is 137 Å². The van der Waals surface area contributed by atoms with Crippen molar-refractivity contribution in [1.82, 2.24) is 26.2 Å². The molecule has 4 fully saturated rings. The first-order valence-corrected chi connectivity index (χ1v) is 15.5. The number of nitrogens with zero attached hydrogens (tertiary/aromatic N) is 1. The van der Waals surface area contributed by atoms with Crippen molar-refractivity contribution >= 4 is 29.5 Å². The van der Waals surface area contributed by atoms with Crippen molar-refractivity contribution in [2.75, 3.05) is 13.1 Å². The lowest BCUT2D eigenvalue weighted by Crippen LogP contribution is -2.59. The molecule has 1 aliphatic heterocycles. The molecule has 4 aliphatic rings. The Kier molecular flexibility index (Phi) is 11.0. The number of allylic oxidation sites excluding steroid dienone is 1. The number of carbonyl (C=O) groups is 5. The van der Waals surface area contributed by atoms with E-state index >= 15 is 0 Å². The van der Waals surface area contributed by atoms with Crippen LogP contribution in [0.2, 0.25) is 0 Å². The van der Waals surface area contributed by atoms with E-state index < -0.39 is 35.7 Å².